The molecule has 3 N–H and O–H groups in total. The van der Waals surface area contributed by atoms with Gasteiger partial charge in [0.05, 0.1) is 5.92 Å². The molecule has 0 saturated heterocycles. The molecule has 1 heterocycles. The normalized spacial score (nSPS) is 11.8. The Labute approximate surface area is 97.7 Å². The summed E-state index contributed by atoms with van der Waals surface area (Å²) in [5.74, 6) is -2.16. The average molecular weight is 238 g/mol. The van der Waals surface area contributed by atoms with Gasteiger partial charge in [0.25, 0.3) is 11.5 Å². The van der Waals surface area contributed by atoms with Crippen LogP contribution in [0.3, 0.4) is 0 Å². The molecule has 0 saturated carbocycles. The molecule has 0 fully saturated rings. The first-order chi connectivity index (χ1) is 8.06. The molecule has 92 valence electrons. The molecule has 1 atom stereocenters. The van der Waals surface area contributed by atoms with Crippen LogP contribution in [-0.4, -0.2) is 28.5 Å². The molecule has 1 amide bonds. The Morgan fingerprint density at radius 3 is 2.76 bits per heavy atom. The number of carboxylic acids is 1. The third-order valence-corrected chi connectivity index (χ3v) is 2.41. The van der Waals surface area contributed by atoms with Crippen molar-refractivity contribution in [2.24, 2.45) is 5.92 Å². The molecule has 1 unspecified atom stereocenters. The van der Waals surface area contributed by atoms with Crippen LogP contribution in [-0.2, 0) is 4.79 Å². The number of aromatic amines is 1. The van der Waals surface area contributed by atoms with Crippen LogP contribution in [0.5, 0.6) is 0 Å². The average Bonchev–Trinajstić information content (AvgIpc) is 2.29. The van der Waals surface area contributed by atoms with Gasteiger partial charge in [0, 0.05) is 12.7 Å². The van der Waals surface area contributed by atoms with Gasteiger partial charge < -0.3 is 15.4 Å². The number of aromatic nitrogens is 1. The highest BCUT2D eigenvalue weighted by Crippen LogP contribution is 2.01. The van der Waals surface area contributed by atoms with Crippen molar-refractivity contribution in [2.45, 2.75) is 13.3 Å². The molecule has 1 aromatic rings. The third-order valence-electron chi connectivity index (χ3n) is 2.41. The zero-order chi connectivity index (χ0) is 12.8. The predicted molar refractivity (Wildman–Crippen MR) is 60.8 cm³/mol. The van der Waals surface area contributed by atoms with Gasteiger partial charge in [-0.05, 0) is 18.6 Å². The Bertz CT molecular complexity index is 467. The molecular formula is C11H14N2O4. The highest BCUT2D eigenvalue weighted by molar-refractivity contribution is 5.93. The van der Waals surface area contributed by atoms with E-state index in [1.54, 1.807) is 6.92 Å². The summed E-state index contributed by atoms with van der Waals surface area (Å²) in [5, 5.41) is 11.2. The fraction of sp³-hybridized carbons (Fsp3) is 0.364. The molecular weight excluding hydrogens is 224 g/mol. The van der Waals surface area contributed by atoms with Crippen molar-refractivity contribution in [3.63, 3.8) is 0 Å². The highest BCUT2D eigenvalue weighted by Gasteiger charge is 2.17. The van der Waals surface area contributed by atoms with Gasteiger partial charge in [-0.1, -0.05) is 6.92 Å². The largest absolute Gasteiger partial charge is 0.481 e. The maximum Gasteiger partial charge on any atom is 0.308 e. The molecule has 6 nitrogen and oxygen atoms in total. The summed E-state index contributed by atoms with van der Waals surface area (Å²) >= 11 is 0. The minimum Gasteiger partial charge on any atom is -0.481 e. The number of carbonyl (C=O) groups excluding carboxylic acids is 1. The van der Waals surface area contributed by atoms with Crippen molar-refractivity contribution >= 4 is 11.9 Å². The van der Waals surface area contributed by atoms with Crippen molar-refractivity contribution < 1.29 is 14.7 Å². The van der Waals surface area contributed by atoms with E-state index in [4.69, 9.17) is 5.11 Å². The zero-order valence-corrected chi connectivity index (χ0v) is 9.40. The van der Waals surface area contributed by atoms with Gasteiger partial charge in [-0.15, -0.1) is 0 Å². The van der Waals surface area contributed by atoms with Gasteiger partial charge in [-0.2, -0.15) is 0 Å². The number of rotatable bonds is 5. The SMILES string of the molecule is CCC(CNC(=O)c1ccc[nH]c1=O)C(=O)O. The van der Waals surface area contributed by atoms with Crippen LogP contribution in [0.2, 0.25) is 0 Å². The summed E-state index contributed by atoms with van der Waals surface area (Å²) in [5.41, 5.74) is -0.513. The Balaban J connectivity index is 2.65. The minimum atomic E-state index is -0.963. The van der Waals surface area contributed by atoms with Crippen LogP contribution in [0.4, 0.5) is 0 Å². The standard InChI is InChI=1S/C11H14N2O4/c1-2-7(11(16)17)6-13-10(15)8-4-3-5-12-9(8)14/h3-5,7H,2,6H2,1H3,(H,12,14)(H,13,15)(H,16,17). The Hall–Kier alpha value is -2.11. The van der Waals surface area contributed by atoms with Crippen LogP contribution < -0.4 is 10.9 Å². The fourth-order valence-corrected chi connectivity index (χ4v) is 1.32. The van der Waals surface area contributed by atoms with Crippen LogP contribution in [0.25, 0.3) is 0 Å². The second kappa shape index (κ2) is 5.83. The van der Waals surface area contributed by atoms with Crippen molar-refractivity contribution in [3.8, 4) is 0 Å². The quantitative estimate of drug-likeness (QED) is 0.683. The molecule has 0 aliphatic carbocycles. The number of hydrogen-bond donors (Lipinski definition) is 3. The first-order valence-corrected chi connectivity index (χ1v) is 5.25. The summed E-state index contributed by atoms with van der Waals surface area (Å²) in [6.45, 7) is 1.74. The van der Waals surface area contributed by atoms with Crippen LogP contribution >= 0.6 is 0 Å². The van der Waals surface area contributed by atoms with E-state index in [0.29, 0.717) is 6.42 Å². The van der Waals surface area contributed by atoms with E-state index in [2.05, 4.69) is 10.3 Å². The van der Waals surface area contributed by atoms with Crippen LogP contribution in [0.15, 0.2) is 23.1 Å². The maximum absolute atomic E-state index is 11.6. The van der Waals surface area contributed by atoms with E-state index < -0.39 is 23.4 Å². The van der Waals surface area contributed by atoms with E-state index in [9.17, 15) is 14.4 Å². The first-order valence-electron chi connectivity index (χ1n) is 5.25. The fourth-order valence-electron chi connectivity index (χ4n) is 1.32. The number of hydrogen-bond acceptors (Lipinski definition) is 3. The topological polar surface area (TPSA) is 99.3 Å². The second-order valence-corrected chi connectivity index (χ2v) is 3.57. The molecule has 1 rings (SSSR count). The number of pyridine rings is 1. The molecule has 0 aromatic carbocycles. The van der Waals surface area contributed by atoms with Crippen LogP contribution in [0, 0.1) is 5.92 Å². The lowest BCUT2D eigenvalue weighted by molar-refractivity contribution is -0.141. The molecule has 17 heavy (non-hydrogen) atoms. The lowest BCUT2D eigenvalue weighted by Gasteiger charge is -2.10. The molecule has 0 aliphatic rings. The number of amides is 1. The monoisotopic (exact) mass is 238 g/mol. The van der Waals surface area contributed by atoms with Gasteiger partial charge >= 0.3 is 5.97 Å². The Morgan fingerprint density at radius 2 is 2.24 bits per heavy atom. The molecule has 0 radical (unpaired) electrons. The van der Waals surface area contributed by atoms with Crippen LogP contribution in [0.1, 0.15) is 23.7 Å². The number of carbonyl (C=O) groups is 2. The van der Waals surface area contributed by atoms with E-state index in [1.165, 1.54) is 18.3 Å². The molecule has 6 heteroatoms. The van der Waals surface area contributed by atoms with Gasteiger partial charge in [-0.25, -0.2) is 0 Å². The number of H-pyrrole nitrogens is 1. The zero-order valence-electron chi connectivity index (χ0n) is 9.40. The Morgan fingerprint density at radius 1 is 1.53 bits per heavy atom. The van der Waals surface area contributed by atoms with Gasteiger partial charge in [0.1, 0.15) is 5.56 Å². The summed E-state index contributed by atoms with van der Waals surface area (Å²) in [7, 11) is 0. The molecule has 0 bridgehead atoms. The number of aliphatic carboxylic acids is 1. The van der Waals surface area contributed by atoms with Crippen molar-refractivity contribution in [1.29, 1.82) is 0 Å². The maximum atomic E-state index is 11.6. The minimum absolute atomic E-state index is 0.0129. The third kappa shape index (κ3) is 3.44. The summed E-state index contributed by atoms with van der Waals surface area (Å²) in [6.07, 6.45) is 1.84. The lowest BCUT2D eigenvalue weighted by atomic mass is 10.1. The van der Waals surface area contributed by atoms with E-state index in [1.807, 2.05) is 0 Å². The summed E-state index contributed by atoms with van der Waals surface area (Å²) in [6, 6.07) is 2.92. The smallest absolute Gasteiger partial charge is 0.308 e. The lowest BCUT2D eigenvalue weighted by Crippen LogP contribution is -2.35. The summed E-state index contributed by atoms with van der Waals surface area (Å²) < 4.78 is 0. The van der Waals surface area contributed by atoms with E-state index >= 15 is 0 Å². The van der Waals surface area contributed by atoms with Crippen molar-refractivity contribution in [3.05, 3.63) is 34.2 Å². The van der Waals surface area contributed by atoms with Crippen molar-refractivity contribution in [1.82, 2.24) is 10.3 Å². The summed E-state index contributed by atoms with van der Waals surface area (Å²) in [4.78, 5) is 36.0. The number of nitrogens with one attached hydrogen (secondary N) is 2. The second-order valence-electron chi connectivity index (χ2n) is 3.57. The van der Waals surface area contributed by atoms with Gasteiger partial charge in [-0.3, -0.25) is 14.4 Å². The highest BCUT2D eigenvalue weighted by atomic mass is 16.4. The molecule has 0 spiro atoms. The van der Waals surface area contributed by atoms with E-state index in [-0.39, 0.29) is 12.1 Å². The van der Waals surface area contributed by atoms with Gasteiger partial charge in [0.15, 0.2) is 0 Å². The van der Waals surface area contributed by atoms with Gasteiger partial charge in [0.2, 0.25) is 0 Å². The first kappa shape index (κ1) is 13.0. The molecule has 1 aromatic heterocycles. The van der Waals surface area contributed by atoms with Crippen molar-refractivity contribution in [2.75, 3.05) is 6.54 Å². The molecule has 0 aliphatic heterocycles. The predicted octanol–water partition coefficient (Wildman–Crippen LogP) is 0.215. The number of carboxylic acid groups (broad SMARTS) is 1. The van der Waals surface area contributed by atoms with E-state index in [0.717, 1.165) is 0 Å². The Kier molecular flexibility index (Phi) is 4.45.